The Morgan fingerprint density at radius 2 is 1.97 bits per heavy atom. The molecule has 31 heavy (non-hydrogen) atoms. The quantitative estimate of drug-likeness (QED) is 0.260. The van der Waals surface area contributed by atoms with Crippen molar-refractivity contribution in [1.29, 1.82) is 0 Å². The lowest BCUT2D eigenvalue weighted by Crippen LogP contribution is -2.48. The number of alkyl carbamates (subject to hydrolysis) is 1. The minimum atomic E-state index is -0.531. The van der Waals surface area contributed by atoms with E-state index < -0.39 is 11.7 Å². The molecule has 0 aliphatic heterocycles. The molecule has 0 aromatic carbocycles. The van der Waals surface area contributed by atoms with Gasteiger partial charge in [0.2, 0.25) is 0 Å². The molecule has 0 bridgehead atoms. The Bertz CT molecular complexity index is 683. The predicted octanol–water partition coefficient (Wildman–Crippen LogP) is 2.28. The van der Waals surface area contributed by atoms with Crippen molar-refractivity contribution in [1.82, 2.24) is 30.7 Å². The second-order valence-corrected chi connectivity index (χ2v) is 8.38. The maximum Gasteiger partial charge on any atom is 0.407 e. The third kappa shape index (κ3) is 11.6. The van der Waals surface area contributed by atoms with Crippen LogP contribution in [0.5, 0.6) is 0 Å². The van der Waals surface area contributed by atoms with E-state index in [1.807, 2.05) is 46.2 Å². The first-order chi connectivity index (χ1) is 14.7. The van der Waals surface area contributed by atoms with Gasteiger partial charge in [-0.25, -0.2) is 9.79 Å². The first-order valence-electron chi connectivity index (χ1n) is 11.1. The SMILES string of the molecule is CCCC(CNC(=NCc1nnc(C)n1C)NCCCOCC)NC(=O)OC(C)(C)C. The van der Waals surface area contributed by atoms with Gasteiger partial charge in [0, 0.05) is 39.4 Å². The highest BCUT2D eigenvalue weighted by atomic mass is 16.6. The van der Waals surface area contributed by atoms with Crippen LogP contribution in [0.4, 0.5) is 4.79 Å². The normalized spacial score (nSPS) is 13.1. The van der Waals surface area contributed by atoms with E-state index in [0.29, 0.717) is 32.3 Å². The van der Waals surface area contributed by atoms with Gasteiger partial charge >= 0.3 is 6.09 Å². The molecule has 178 valence electrons. The van der Waals surface area contributed by atoms with E-state index in [1.54, 1.807) is 0 Å². The molecule has 0 saturated heterocycles. The zero-order chi connectivity index (χ0) is 23.3. The molecule has 1 heterocycles. The van der Waals surface area contributed by atoms with E-state index in [-0.39, 0.29) is 6.04 Å². The van der Waals surface area contributed by atoms with Gasteiger partial charge in [-0.2, -0.15) is 0 Å². The van der Waals surface area contributed by atoms with Crippen LogP contribution in [0.25, 0.3) is 0 Å². The molecule has 3 N–H and O–H groups in total. The summed E-state index contributed by atoms with van der Waals surface area (Å²) >= 11 is 0. The van der Waals surface area contributed by atoms with Crippen molar-refractivity contribution in [2.45, 2.75) is 79.0 Å². The van der Waals surface area contributed by atoms with Crippen LogP contribution in [0.3, 0.4) is 0 Å². The average molecular weight is 440 g/mol. The molecule has 0 saturated carbocycles. The molecular formula is C21H41N7O3. The number of aryl methyl sites for hydroxylation is 1. The van der Waals surface area contributed by atoms with Crippen molar-refractivity contribution >= 4 is 12.1 Å². The molecule has 0 fully saturated rings. The first kappa shape index (κ1) is 26.7. The molecule has 1 amide bonds. The highest BCUT2D eigenvalue weighted by Gasteiger charge is 2.19. The van der Waals surface area contributed by atoms with Gasteiger partial charge in [0.15, 0.2) is 11.8 Å². The lowest BCUT2D eigenvalue weighted by Gasteiger charge is -2.24. The Morgan fingerprint density at radius 3 is 2.55 bits per heavy atom. The molecule has 10 heteroatoms. The molecule has 1 rings (SSSR count). The molecule has 0 spiro atoms. The van der Waals surface area contributed by atoms with E-state index in [1.165, 1.54) is 0 Å². The van der Waals surface area contributed by atoms with E-state index in [2.05, 4.69) is 38.1 Å². The second kappa shape index (κ2) is 13.8. The molecule has 1 aromatic heterocycles. The summed E-state index contributed by atoms with van der Waals surface area (Å²) in [7, 11) is 1.92. The van der Waals surface area contributed by atoms with E-state index >= 15 is 0 Å². The Hall–Kier alpha value is -2.36. The number of aromatic nitrogens is 3. The number of nitrogens with zero attached hydrogens (tertiary/aromatic N) is 4. The standard InChI is InChI=1S/C21H41N7O3/c1-8-11-17(25-20(29)31-21(4,5)6)14-23-19(22-12-10-13-30-9-2)24-15-18-27-26-16(3)28(18)7/h17H,8-15H2,1-7H3,(H,25,29)(H2,22,23,24). The second-order valence-electron chi connectivity index (χ2n) is 8.38. The lowest BCUT2D eigenvalue weighted by atomic mass is 10.1. The fourth-order valence-electron chi connectivity index (χ4n) is 2.71. The number of amides is 1. The minimum Gasteiger partial charge on any atom is -0.444 e. The first-order valence-corrected chi connectivity index (χ1v) is 11.1. The number of hydrogen-bond donors (Lipinski definition) is 3. The highest BCUT2D eigenvalue weighted by Crippen LogP contribution is 2.07. The van der Waals surface area contributed by atoms with Crippen molar-refractivity contribution in [3.63, 3.8) is 0 Å². The smallest absolute Gasteiger partial charge is 0.407 e. The summed E-state index contributed by atoms with van der Waals surface area (Å²) in [6, 6.07) is -0.0765. The zero-order valence-corrected chi connectivity index (χ0v) is 20.2. The Morgan fingerprint density at radius 1 is 1.23 bits per heavy atom. The van der Waals surface area contributed by atoms with Gasteiger partial charge in [0.05, 0.1) is 0 Å². The Balaban J connectivity index is 2.72. The van der Waals surface area contributed by atoms with Crippen molar-refractivity contribution < 1.29 is 14.3 Å². The summed E-state index contributed by atoms with van der Waals surface area (Å²) < 4.78 is 12.7. The van der Waals surface area contributed by atoms with Gasteiger partial charge < -0.3 is 30.0 Å². The summed E-state index contributed by atoms with van der Waals surface area (Å²) in [6.45, 7) is 14.6. The van der Waals surface area contributed by atoms with Crippen LogP contribution in [0.2, 0.25) is 0 Å². The van der Waals surface area contributed by atoms with E-state index in [0.717, 1.165) is 37.5 Å². The van der Waals surface area contributed by atoms with Gasteiger partial charge in [-0.05, 0) is 47.5 Å². The van der Waals surface area contributed by atoms with Crippen LogP contribution < -0.4 is 16.0 Å². The van der Waals surface area contributed by atoms with Gasteiger partial charge in [-0.3, -0.25) is 0 Å². The molecule has 1 aromatic rings. The molecular weight excluding hydrogens is 398 g/mol. The number of guanidine groups is 1. The summed E-state index contributed by atoms with van der Waals surface area (Å²) in [4.78, 5) is 16.8. The van der Waals surface area contributed by atoms with Crippen LogP contribution in [-0.2, 0) is 23.1 Å². The molecule has 1 unspecified atom stereocenters. The number of carbonyl (C=O) groups is 1. The zero-order valence-electron chi connectivity index (χ0n) is 20.2. The fraction of sp³-hybridized carbons (Fsp3) is 0.810. The van der Waals surface area contributed by atoms with Crippen LogP contribution in [0, 0.1) is 6.92 Å². The predicted molar refractivity (Wildman–Crippen MR) is 122 cm³/mol. The van der Waals surface area contributed by atoms with Crippen molar-refractivity contribution in [2.75, 3.05) is 26.3 Å². The van der Waals surface area contributed by atoms with Gasteiger partial charge in [-0.15, -0.1) is 10.2 Å². The minimum absolute atomic E-state index is 0.0765. The van der Waals surface area contributed by atoms with E-state index in [9.17, 15) is 4.79 Å². The van der Waals surface area contributed by atoms with Gasteiger partial charge in [0.25, 0.3) is 0 Å². The van der Waals surface area contributed by atoms with Crippen LogP contribution in [-0.4, -0.2) is 64.8 Å². The lowest BCUT2D eigenvalue weighted by molar-refractivity contribution is 0.0502. The number of carbonyl (C=O) groups excluding carboxylic acids is 1. The monoisotopic (exact) mass is 439 g/mol. The number of hydrogen-bond acceptors (Lipinski definition) is 6. The average Bonchev–Trinajstić information content (AvgIpc) is 2.99. The van der Waals surface area contributed by atoms with Crippen LogP contribution in [0.15, 0.2) is 4.99 Å². The summed E-state index contributed by atoms with van der Waals surface area (Å²) in [5.74, 6) is 2.28. The fourth-order valence-corrected chi connectivity index (χ4v) is 2.71. The number of aliphatic imine (C=N–C) groups is 1. The maximum atomic E-state index is 12.2. The molecule has 1 atom stereocenters. The summed E-state index contributed by atoms with van der Waals surface area (Å²) in [5, 5.41) is 17.8. The van der Waals surface area contributed by atoms with Crippen molar-refractivity contribution in [3.05, 3.63) is 11.6 Å². The summed E-state index contributed by atoms with van der Waals surface area (Å²) in [6.07, 6.45) is 2.22. The largest absolute Gasteiger partial charge is 0.444 e. The van der Waals surface area contributed by atoms with Crippen molar-refractivity contribution in [2.24, 2.45) is 12.0 Å². The van der Waals surface area contributed by atoms with Gasteiger partial charge in [-0.1, -0.05) is 13.3 Å². The van der Waals surface area contributed by atoms with Crippen LogP contribution in [0.1, 0.15) is 65.5 Å². The number of nitrogens with one attached hydrogen (secondary N) is 3. The van der Waals surface area contributed by atoms with Crippen LogP contribution >= 0.6 is 0 Å². The third-order valence-corrected chi connectivity index (χ3v) is 4.40. The molecule has 0 radical (unpaired) electrons. The Kier molecular flexibility index (Phi) is 11.9. The van der Waals surface area contributed by atoms with Crippen molar-refractivity contribution in [3.8, 4) is 0 Å². The maximum absolute atomic E-state index is 12.2. The molecule has 10 nitrogen and oxygen atoms in total. The van der Waals surface area contributed by atoms with Gasteiger partial charge in [0.1, 0.15) is 18.0 Å². The molecule has 0 aliphatic carbocycles. The Labute approximate surface area is 186 Å². The highest BCUT2D eigenvalue weighted by molar-refractivity contribution is 5.79. The number of ether oxygens (including phenoxy) is 2. The topological polar surface area (TPSA) is 115 Å². The molecule has 0 aliphatic rings. The summed E-state index contributed by atoms with van der Waals surface area (Å²) in [5.41, 5.74) is -0.531. The third-order valence-electron chi connectivity index (χ3n) is 4.40. The number of rotatable bonds is 12. The van der Waals surface area contributed by atoms with E-state index in [4.69, 9.17) is 9.47 Å².